The summed E-state index contributed by atoms with van der Waals surface area (Å²) in [5, 5.41) is 18.4. The van der Waals surface area contributed by atoms with Gasteiger partial charge in [-0.3, -0.25) is 9.79 Å². The highest BCUT2D eigenvalue weighted by molar-refractivity contribution is 5.94. The van der Waals surface area contributed by atoms with E-state index in [0.29, 0.717) is 37.3 Å². The Morgan fingerprint density at radius 3 is 2.50 bits per heavy atom. The molecule has 0 spiro atoms. The van der Waals surface area contributed by atoms with Crippen LogP contribution in [-0.4, -0.2) is 92.3 Å². The number of nitrogens with one attached hydrogen (secondary N) is 3. The molecular weight excluding hydrogens is 544 g/mol. The molecule has 42 heavy (non-hydrogen) atoms. The third kappa shape index (κ3) is 8.59. The van der Waals surface area contributed by atoms with E-state index in [1.165, 1.54) is 19.2 Å². The number of alkyl carbamates (subject to hydrolysis) is 1. The van der Waals surface area contributed by atoms with Gasteiger partial charge in [-0.1, -0.05) is 18.2 Å². The summed E-state index contributed by atoms with van der Waals surface area (Å²) >= 11 is 0. The Kier molecular flexibility index (Phi) is 10.6. The van der Waals surface area contributed by atoms with Crippen molar-refractivity contribution in [3.63, 3.8) is 0 Å². The van der Waals surface area contributed by atoms with Crippen LogP contribution in [0.5, 0.6) is 0 Å². The zero-order valence-electron chi connectivity index (χ0n) is 23.5. The summed E-state index contributed by atoms with van der Waals surface area (Å²) < 4.78 is 9.76. The van der Waals surface area contributed by atoms with Crippen LogP contribution in [0.2, 0.25) is 0 Å². The van der Waals surface area contributed by atoms with Crippen molar-refractivity contribution in [3.8, 4) is 0 Å². The summed E-state index contributed by atoms with van der Waals surface area (Å²) in [6.07, 6.45) is 0.0124. The van der Waals surface area contributed by atoms with E-state index >= 15 is 0 Å². The molecule has 0 saturated carbocycles. The van der Waals surface area contributed by atoms with Gasteiger partial charge in [0.05, 0.1) is 12.7 Å². The van der Waals surface area contributed by atoms with Gasteiger partial charge in [-0.25, -0.2) is 14.4 Å². The molecule has 4 rings (SSSR count). The minimum Gasteiger partial charge on any atom is -0.480 e. The predicted molar refractivity (Wildman–Crippen MR) is 156 cm³/mol. The number of hydrogen-bond acceptors (Lipinski definition) is 10. The fourth-order valence-corrected chi connectivity index (χ4v) is 4.62. The van der Waals surface area contributed by atoms with Crippen LogP contribution in [0.4, 0.5) is 16.2 Å². The summed E-state index contributed by atoms with van der Waals surface area (Å²) in [6, 6.07) is 13.0. The molecule has 13 nitrogen and oxygen atoms in total. The second-order valence-corrected chi connectivity index (χ2v) is 9.89. The highest BCUT2D eigenvalue weighted by atomic mass is 16.5. The Labute approximate surface area is 243 Å². The van der Waals surface area contributed by atoms with Crippen molar-refractivity contribution in [3.05, 3.63) is 59.7 Å². The number of carbonyl (C=O) groups is 4. The van der Waals surface area contributed by atoms with E-state index < -0.39 is 24.1 Å². The summed E-state index contributed by atoms with van der Waals surface area (Å²) in [7, 11) is 1.28. The number of aliphatic carboxylic acids is 1. The van der Waals surface area contributed by atoms with Crippen molar-refractivity contribution in [2.45, 2.75) is 31.9 Å². The van der Waals surface area contributed by atoms with Crippen LogP contribution in [0, 0.1) is 0 Å². The van der Waals surface area contributed by atoms with E-state index in [-0.39, 0.29) is 25.4 Å². The number of methoxy groups -OCH3 is 1. The molecular formula is C29H36N6O7. The number of esters is 1. The molecule has 0 radical (unpaired) electrons. The molecule has 0 aliphatic carbocycles. The minimum atomic E-state index is -1.28. The third-order valence-corrected chi connectivity index (χ3v) is 6.99. The highest BCUT2D eigenvalue weighted by Crippen LogP contribution is 2.21. The fraction of sp³-hybridized carbons (Fsp3) is 0.414. The minimum absolute atomic E-state index is 0.0270. The largest absolute Gasteiger partial charge is 0.480 e. The number of guanidine groups is 1. The first-order valence-electron chi connectivity index (χ1n) is 13.8. The van der Waals surface area contributed by atoms with Gasteiger partial charge >= 0.3 is 18.0 Å². The first kappa shape index (κ1) is 30.2. The summed E-state index contributed by atoms with van der Waals surface area (Å²) in [6.45, 7) is 3.87. The van der Waals surface area contributed by atoms with Gasteiger partial charge in [0.1, 0.15) is 12.6 Å². The van der Waals surface area contributed by atoms with Crippen LogP contribution >= 0.6 is 0 Å². The number of hydrogen-bond donors (Lipinski definition) is 4. The normalized spacial score (nSPS) is 15.5. The lowest BCUT2D eigenvalue weighted by Gasteiger charge is -2.36. The summed E-state index contributed by atoms with van der Waals surface area (Å²) in [5.74, 6) is -1.14. The average molecular weight is 581 g/mol. The lowest BCUT2D eigenvalue weighted by atomic mass is 10.1. The van der Waals surface area contributed by atoms with Gasteiger partial charge in [0.2, 0.25) is 5.91 Å². The molecule has 2 amide bonds. The number of rotatable bonds is 10. The van der Waals surface area contributed by atoms with Gasteiger partial charge in [0.25, 0.3) is 0 Å². The van der Waals surface area contributed by atoms with Crippen LogP contribution in [-0.2, 0) is 25.7 Å². The van der Waals surface area contributed by atoms with Gasteiger partial charge < -0.3 is 40.3 Å². The highest BCUT2D eigenvalue weighted by Gasteiger charge is 2.26. The third-order valence-electron chi connectivity index (χ3n) is 6.99. The summed E-state index contributed by atoms with van der Waals surface area (Å²) in [4.78, 5) is 56.7. The number of carboxylic acid groups (broad SMARTS) is 1. The van der Waals surface area contributed by atoms with Gasteiger partial charge in [-0.15, -0.1) is 0 Å². The molecule has 0 unspecified atom stereocenters. The molecule has 13 heteroatoms. The number of anilines is 2. The van der Waals surface area contributed by atoms with Crippen LogP contribution < -0.4 is 20.9 Å². The molecule has 1 atom stereocenters. The van der Waals surface area contributed by atoms with Gasteiger partial charge in [0, 0.05) is 57.1 Å². The SMILES string of the molecule is COC(=O)c1ccc(COC(=O)N[C@@H](CCC(=O)N2CCN(c3cccc(NC4=NCCCN4)c3)CC2)C(=O)O)cc1. The number of carboxylic acids is 1. The zero-order valence-corrected chi connectivity index (χ0v) is 23.5. The lowest BCUT2D eigenvalue weighted by molar-refractivity contribution is -0.140. The molecule has 0 aromatic heterocycles. The van der Waals surface area contributed by atoms with Crippen LogP contribution in [0.25, 0.3) is 0 Å². The Morgan fingerprint density at radius 2 is 1.83 bits per heavy atom. The number of piperazine rings is 1. The van der Waals surface area contributed by atoms with E-state index in [0.717, 1.165) is 36.8 Å². The molecule has 2 aliphatic heterocycles. The molecule has 1 fully saturated rings. The second kappa shape index (κ2) is 14.7. The molecule has 4 N–H and O–H groups in total. The van der Waals surface area contributed by atoms with E-state index in [1.807, 2.05) is 18.2 Å². The lowest BCUT2D eigenvalue weighted by Crippen LogP contribution is -2.49. The predicted octanol–water partition coefficient (Wildman–Crippen LogP) is 2.04. The van der Waals surface area contributed by atoms with Crippen molar-refractivity contribution < 1.29 is 33.8 Å². The number of benzene rings is 2. The summed E-state index contributed by atoms with van der Waals surface area (Å²) in [5.41, 5.74) is 2.93. The standard InChI is InChI=1S/C29H36N6O7/c1-41-27(39)21-8-6-20(7-9-21)19-42-29(40)33-24(26(37)38)10-11-25(36)35-16-14-34(15-17-35)23-5-2-4-22(18-23)32-28-30-12-3-13-31-28/h2,4-9,18,24H,3,10-17,19H2,1H3,(H,33,40)(H,37,38)(H2,30,31,32)/t24-/m0/s1. The van der Waals surface area contributed by atoms with Crippen molar-refractivity contribution >= 4 is 41.3 Å². The molecule has 1 saturated heterocycles. The Hall–Kier alpha value is -4.81. The number of nitrogens with zero attached hydrogens (tertiary/aromatic N) is 3. The van der Waals surface area contributed by atoms with Crippen LogP contribution in [0.15, 0.2) is 53.5 Å². The molecule has 2 aliphatic rings. The number of aliphatic imine (C=N–C) groups is 1. The van der Waals surface area contributed by atoms with Crippen molar-refractivity contribution in [1.82, 2.24) is 15.5 Å². The molecule has 2 aromatic rings. The van der Waals surface area contributed by atoms with Crippen molar-refractivity contribution in [1.29, 1.82) is 0 Å². The zero-order chi connectivity index (χ0) is 29.9. The van der Waals surface area contributed by atoms with Crippen molar-refractivity contribution in [2.75, 3.05) is 56.6 Å². The quantitative estimate of drug-likeness (QED) is 0.306. The first-order valence-corrected chi connectivity index (χ1v) is 13.8. The van der Waals surface area contributed by atoms with Gasteiger partial charge in [-0.05, 0) is 48.7 Å². The smallest absolute Gasteiger partial charge is 0.408 e. The first-order chi connectivity index (χ1) is 20.3. The number of carbonyl (C=O) groups excluding carboxylic acids is 3. The maximum Gasteiger partial charge on any atom is 0.408 e. The fourth-order valence-electron chi connectivity index (χ4n) is 4.62. The van der Waals surface area contributed by atoms with E-state index in [2.05, 4.69) is 36.6 Å². The Balaban J connectivity index is 1.20. The van der Waals surface area contributed by atoms with Gasteiger partial charge in [0.15, 0.2) is 5.96 Å². The maximum absolute atomic E-state index is 12.8. The number of ether oxygens (including phenoxy) is 2. The molecule has 2 heterocycles. The average Bonchev–Trinajstić information content (AvgIpc) is 3.02. The van der Waals surface area contributed by atoms with E-state index in [1.54, 1.807) is 17.0 Å². The Bertz CT molecular complexity index is 1290. The van der Waals surface area contributed by atoms with Crippen LogP contribution in [0.3, 0.4) is 0 Å². The number of amides is 2. The molecule has 0 bridgehead atoms. The molecule has 2 aromatic carbocycles. The van der Waals surface area contributed by atoms with Crippen molar-refractivity contribution in [2.24, 2.45) is 4.99 Å². The monoisotopic (exact) mass is 580 g/mol. The van der Waals surface area contributed by atoms with E-state index in [4.69, 9.17) is 4.74 Å². The second-order valence-electron chi connectivity index (χ2n) is 9.89. The van der Waals surface area contributed by atoms with Gasteiger partial charge in [-0.2, -0.15) is 0 Å². The van der Waals surface area contributed by atoms with Crippen LogP contribution in [0.1, 0.15) is 35.2 Å². The maximum atomic E-state index is 12.8. The molecule has 224 valence electrons. The topological polar surface area (TPSA) is 162 Å². The van der Waals surface area contributed by atoms with E-state index in [9.17, 15) is 24.3 Å². The Morgan fingerprint density at radius 1 is 1.07 bits per heavy atom.